The highest BCUT2D eigenvalue weighted by Crippen LogP contribution is 2.25. The number of nitrogens with zero attached hydrogens (tertiary/aromatic N) is 1. The zero-order valence-corrected chi connectivity index (χ0v) is 11.7. The molecule has 2 aliphatic heterocycles. The Balaban J connectivity index is 1.99. The summed E-state index contributed by atoms with van der Waals surface area (Å²) < 4.78 is 10.4. The molecule has 6 heteroatoms. The molecule has 0 aromatic rings. The molecule has 0 radical (unpaired) electrons. The first-order valence-electron chi connectivity index (χ1n) is 6.44. The maximum Gasteiger partial charge on any atom is 0.230 e. The van der Waals surface area contributed by atoms with Crippen molar-refractivity contribution in [3.8, 4) is 0 Å². The van der Waals surface area contributed by atoms with Crippen LogP contribution in [0.25, 0.3) is 0 Å². The number of hydrogen-bond donors (Lipinski definition) is 1. The molecular formula is C12H22N2O3S. The van der Waals surface area contributed by atoms with Crippen molar-refractivity contribution in [3.05, 3.63) is 0 Å². The highest BCUT2D eigenvalue weighted by Gasteiger charge is 2.37. The van der Waals surface area contributed by atoms with Gasteiger partial charge < -0.3 is 20.1 Å². The van der Waals surface area contributed by atoms with Crippen molar-refractivity contribution in [2.24, 2.45) is 11.7 Å². The van der Waals surface area contributed by atoms with Crippen molar-refractivity contribution in [3.63, 3.8) is 0 Å². The van der Waals surface area contributed by atoms with Crippen LogP contribution in [-0.2, 0) is 14.3 Å². The number of methoxy groups -OCH3 is 1. The Hall–Kier alpha value is -0.300. The number of ether oxygens (including phenoxy) is 2. The van der Waals surface area contributed by atoms with Crippen molar-refractivity contribution in [2.45, 2.75) is 18.5 Å². The second-order valence-electron chi connectivity index (χ2n) is 4.85. The van der Waals surface area contributed by atoms with E-state index >= 15 is 0 Å². The van der Waals surface area contributed by atoms with Gasteiger partial charge in [0.25, 0.3) is 0 Å². The lowest BCUT2D eigenvalue weighted by Crippen LogP contribution is -2.49. The minimum absolute atomic E-state index is 0.143. The first kappa shape index (κ1) is 14.1. The molecule has 2 N–H and O–H groups in total. The van der Waals surface area contributed by atoms with Gasteiger partial charge in [0.1, 0.15) is 0 Å². The smallest absolute Gasteiger partial charge is 0.230 e. The van der Waals surface area contributed by atoms with E-state index in [1.54, 1.807) is 7.11 Å². The number of amides is 1. The van der Waals surface area contributed by atoms with Gasteiger partial charge in [0.05, 0.1) is 25.7 Å². The van der Waals surface area contributed by atoms with Gasteiger partial charge in [0, 0.05) is 31.5 Å². The number of carbonyl (C=O) groups is 1. The maximum atomic E-state index is 12.5. The second kappa shape index (κ2) is 6.75. The average molecular weight is 274 g/mol. The monoisotopic (exact) mass is 274 g/mol. The molecule has 0 saturated carbocycles. The summed E-state index contributed by atoms with van der Waals surface area (Å²) >= 11 is 1.91. The first-order valence-corrected chi connectivity index (χ1v) is 7.60. The molecule has 18 heavy (non-hydrogen) atoms. The molecule has 2 aliphatic rings. The predicted octanol–water partition coefficient (Wildman–Crippen LogP) is -0.0594. The zero-order chi connectivity index (χ0) is 13.0. The lowest BCUT2D eigenvalue weighted by atomic mass is 10.0. The number of carbonyl (C=O) groups excluding carboxylic acids is 1. The van der Waals surface area contributed by atoms with Crippen LogP contribution in [0.2, 0.25) is 0 Å². The van der Waals surface area contributed by atoms with Crippen molar-refractivity contribution >= 4 is 17.7 Å². The fourth-order valence-corrected chi connectivity index (χ4v) is 3.69. The lowest BCUT2D eigenvalue weighted by Gasteiger charge is -2.31. The fraction of sp³-hybridized carbons (Fsp3) is 0.917. The molecule has 1 amide bonds. The number of hydrogen-bond acceptors (Lipinski definition) is 5. The molecule has 0 spiro atoms. The van der Waals surface area contributed by atoms with Crippen LogP contribution in [0, 0.1) is 5.92 Å². The van der Waals surface area contributed by atoms with E-state index in [2.05, 4.69) is 0 Å². The summed E-state index contributed by atoms with van der Waals surface area (Å²) in [7, 11) is 1.66. The Kier molecular flexibility index (Phi) is 5.29. The standard InChI is InChI=1S/C12H22N2O3S/c1-16-4-3-14(9-2-5-18-8-9)12(15)10-6-17-7-11(10)13/h9-11H,2-8,13H2,1H3. The van der Waals surface area contributed by atoms with Gasteiger partial charge in [-0.3, -0.25) is 4.79 Å². The lowest BCUT2D eigenvalue weighted by molar-refractivity contribution is -0.138. The van der Waals surface area contributed by atoms with E-state index in [9.17, 15) is 4.79 Å². The molecule has 104 valence electrons. The van der Waals surface area contributed by atoms with E-state index in [1.807, 2.05) is 16.7 Å². The van der Waals surface area contributed by atoms with Gasteiger partial charge in [-0.2, -0.15) is 11.8 Å². The Bertz CT molecular complexity index is 284. The van der Waals surface area contributed by atoms with Crippen molar-refractivity contribution in [1.29, 1.82) is 0 Å². The van der Waals surface area contributed by atoms with E-state index < -0.39 is 0 Å². The minimum Gasteiger partial charge on any atom is -0.383 e. The molecule has 0 aromatic carbocycles. The third-order valence-electron chi connectivity index (χ3n) is 3.61. The van der Waals surface area contributed by atoms with E-state index in [0.717, 1.165) is 17.9 Å². The van der Waals surface area contributed by atoms with Gasteiger partial charge in [-0.1, -0.05) is 0 Å². The molecule has 2 rings (SSSR count). The van der Waals surface area contributed by atoms with Gasteiger partial charge in [0.15, 0.2) is 0 Å². The summed E-state index contributed by atoms with van der Waals surface area (Å²) in [6, 6.07) is 0.182. The summed E-state index contributed by atoms with van der Waals surface area (Å²) in [5.74, 6) is 2.13. The van der Waals surface area contributed by atoms with Crippen LogP contribution in [0.3, 0.4) is 0 Å². The SMILES string of the molecule is COCCN(C(=O)C1COCC1N)C1CCSC1. The maximum absolute atomic E-state index is 12.5. The van der Waals surface area contributed by atoms with Crippen LogP contribution >= 0.6 is 11.8 Å². The van der Waals surface area contributed by atoms with Crippen molar-refractivity contribution in [1.82, 2.24) is 4.90 Å². The van der Waals surface area contributed by atoms with Gasteiger partial charge in [-0.15, -0.1) is 0 Å². The summed E-state index contributed by atoms with van der Waals surface area (Å²) in [5, 5.41) is 0. The molecule has 2 heterocycles. The Labute approximate surface area is 112 Å². The van der Waals surface area contributed by atoms with Gasteiger partial charge >= 0.3 is 0 Å². The number of thioether (sulfide) groups is 1. The highest BCUT2D eigenvalue weighted by molar-refractivity contribution is 7.99. The summed E-state index contributed by atoms with van der Waals surface area (Å²) in [6.07, 6.45) is 1.07. The molecule has 0 aromatic heterocycles. The summed E-state index contributed by atoms with van der Waals surface area (Å²) in [5.41, 5.74) is 5.94. The van der Waals surface area contributed by atoms with Gasteiger partial charge in [-0.05, 0) is 12.2 Å². The molecule has 2 saturated heterocycles. The third-order valence-corrected chi connectivity index (χ3v) is 4.75. The second-order valence-corrected chi connectivity index (χ2v) is 6.00. The van der Waals surface area contributed by atoms with Crippen LogP contribution in [-0.4, -0.2) is 67.9 Å². The summed E-state index contributed by atoms with van der Waals surface area (Å²) in [6.45, 7) is 2.19. The third kappa shape index (κ3) is 3.17. The molecular weight excluding hydrogens is 252 g/mol. The number of rotatable bonds is 5. The molecule has 5 nitrogen and oxygen atoms in total. The van der Waals surface area contributed by atoms with Crippen LogP contribution in [0.5, 0.6) is 0 Å². The fourth-order valence-electron chi connectivity index (χ4n) is 2.47. The summed E-state index contributed by atoms with van der Waals surface area (Å²) in [4.78, 5) is 14.5. The minimum atomic E-state index is -0.174. The quantitative estimate of drug-likeness (QED) is 0.761. The van der Waals surface area contributed by atoms with Crippen LogP contribution < -0.4 is 5.73 Å². The van der Waals surface area contributed by atoms with Crippen molar-refractivity contribution < 1.29 is 14.3 Å². The van der Waals surface area contributed by atoms with Crippen LogP contribution in [0.15, 0.2) is 0 Å². The van der Waals surface area contributed by atoms with Crippen LogP contribution in [0.4, 0.5) is 0 Å². The Morgan fingerprint density at radius 3 is 2.94 bits per heavy atom. The van der Waals surface area contributed by atoms with Crippen LogP contribution in [0.1, 0.15) is 6.42 Å². The topological polar surface area (TPSA) is 64.8 Å². The predicted molar refractivity (Wildman–Crippen MR) is 71.6 cm³/mol. The van der Waals surface area contributed by atoms with Gasteiger partial charge in [-0.25, -0.2) is 0 Å². The first-order chi connectivity index (χ1) is 8.74. The average Bonchev–Trinajstić information content (AvgIpc) is 3.00. The molecule has 2 fully saturated rings. The van der Waals surface area contributed by atoms with E-state index in [1.165, 1.54) is 0 Å². The van der Waals surface area contributed by atoms with Crippen molar-refractivity contribution in [2.75, 3.05) is 45.0 Å². The zero-order valence-electron chi connectivity index (χ0n) is 10.8. The van der Waals surface area contributed by atoms with Gasteiger partial charge in [0.2, 0.25) is 5.91 Å². The van der Waals surface area contributed by atoms with E-state index in [0.29, 0.717) is 32.4 Å². The molecule has 3 atom stereocenters. The Morgan fingerprint density at radius 1 is 1.56 bits per heavy atom. The molecule has 0 aliphatic carbocycles. The highest BCUT2D eigenvalue weighted by atomic mass is 32.2. The number of nitrogens with two attached hydrogens (primary N) is 1. The molecule has 3 unspecified atom stereocenters. The normalized spacial score (nSPS) is 31.8. The van der Waals surface area contributed by atoms with E-state index in [-0.39, 0.29) is 17.9 Å². The Morgan fingerprint density at radius 2 is 2.39 bits per heavy atom. The largest absolute Gasteiger partial charge is 0.383 e. The molecule has 0 bridgehead atoms. The van der Waals surface area contributed by atoms with E-state index in [4.69, 9.17) is 15.2 Å².